The van der Waals surface area contributed by atoms with Crippen LogP contribution in [0.25, 0.3) is 0 Å². The van der Waals surface area contributed by atoms with E-state index in [-0.39, 0.29) is 17.9 Å². The fourth-order valence-electron chi connectivity index (χ4n) is 3.06. The van der Waals surface area contributed by atoms with Gasteiger partial charge in [0, 0.05) is 0 Å². The van der Waals surface area contributed by atoms with E-state index in [0.29, 0.717) is 5.96 Å². The number of aliphatic imine (C=N–C) groups is 1. The second kappa shape index (κ2) is 5.79. The summed E-state index contributed by atoms with van der Waals surface area (Å²) >= 11 is 0. The van der Waals surface area contributed by atoms with Crippen molar-refractivity contribution in [2.24, 2.45) is 10.7 Å². The second-order valence-corrected chi connectivity index (χ2v) is 5.88. The Morgan fingerprint density at radius 2 is 2.00 bits per heavy atom. The van der Waals surface area contributed by atoms with Crippen molar-refractivity contribution in [1.29, 1.82) is 0 Å². The lowest BCUT2D eigenvalue weighted by molar-refractivity contribution is 0.483. The number of halogens is 1. The number of aryl methyl sites for hydroxylation is 2. The molecule has 0 amide bonds. The Morgan fingerprint density at radius 3 is 2.73 bits per heavy atom. The molecule has 0 saturated heterocycles. The van der Waals surface area contributed by atoms with Crippen molar-refractivity contribution in [3.05, 3.63) is 70.5 Å². The quantitative estimate of drug-likeness (QED) is 0.891. The SMILES string of the molecule is Cc1ccc(C2CC(c3cccc(F)c3)N=C(N)N2)c(C)c1. The van der Waals surface area contributed by atoms with Crippen LogP contribution in [0.2, 0.25) is 0 Å². The normalized spacial score (nSPS) is 21.1. The predicted molar refractivity (Wildman–Crippen MR) is 87.2 cm³/mol. The molecule has 4 heteroatoms. The molecule has 22 heavy (non-hydrogen) atoms. The van der Waals surface area contributed by atoms with Gasteiger partial charge in [-0.15, -0.1) is 0 Å². The molecule has 0 spiro atoms. The van der Waals surface area contributed by atoms with Crippen molar-refractivity contribution in [3.8, 4) is 0 Å². The van der Waals surface area contributed by atoms with Gasteiger partial charge in [0.05, 0.1) is 12.1 Å². The molecular formula is C18H20FN3. The first-order valence-electron chi connectivity index (χ1n) is 7.45. The monoisotopic (exact) mass is 297 g/mol. The minimum absolute atomic E-state index is 0.0892. The predicted octanol–water partition coefficient (Wildman–Crippen LogP) is 3.53. The third-order valence-electron chi connectivity index (χ3n) is 4.11. The average molecular weight is 297 g/mol. The summed E-state index contributed by atoms with van der Waals surface area (Å²) in [4.78, 5) is 4.43. The van der Waals surface area contributed by atoms with Crippen LogP contribution in [0.15, 0.2) is 47.5 Å². The molecule has 0 aliphatic carbocycles. The van der Waals surface area contributed by atoms with Crippen LogP contribution in [0.5, 0.6) is 0 Å². The van der Waals surface area contributed by atoms with Gasteiger partial charge in [-0.1, -0.05) is 35.9 Å². The Labute approximate surface area is 130 Å². The minimum Gasteiger partial charge on any atom is -0.370 e. The van der Waals surface area contributed by atoms with E-state index in [2.05, 4.69) is 42.4 Å². The maximum atomic E-state index is 13.5. The number of hydrogen-bond donors (Lipinski definition) is 2. The molecule has 2 aromatic carbocycles. The third-order valence-corrected chi connectivity index (χ3v) is 4.11. The lowest BCUT2D eigenvalue weighted by Crippen LogP contribution is -2.39. The largest absolute Gasteiger partial charge is 0.370 e. The van der Waals surface area contributed by atoms with E-state index in [9.17, 15) is 4.39 Å². The van der Waals surface area contributed by atoms with Gasteiger partial charge < -0.3 is 11.1 Å². The van der Waals surface area contributed by atoms with Gasteiger partial charge in [-0.25, -0.2) is 9.38 Å². The highest BCUT2D eigenvalue weighted by atomic mass is 19.1. The van der Waals surface area contributed by atoms with Crippen LogP contribution in [-0.4, -0.2) is 5.96 Å². The summed E-state index contributed by atoms with van der Waals surface area (Å²) in [5, 5.41) is 3.24. The van der Waals surface area contributed by atoms with Crippen LogP contribution in [0, 0.1) is 19.7 Å². The summed E-state index contributed by atoms with van der Waals surface area (Å²) in [6.07, 6.45) is 0.758. The number of nitrogens with two attached hydrogens (primary N) is 1. The highest BCUT2D eigenvalue weighted by Gasteiger charge is 2.25. The Kier molecular flexibility index (Phi) is 3.84. The van der Waals surface area contributed by atoms with Crippen LogP contribution in [0.4, 0.5) is 4.39 Å². The van der Waals surface area contributed by atoms with Gasteiger partial charge in [-0.3, -0.25) is 0 Å². The standard InChI is InChI=1S/C18H20FN3/c1-11-6-7-15(12(2)8-11)17-10-16(21-18(20)22-17)13-4-3-5-14(19)9-13/h3-9,16-17H,10H2,1-2H3,(H3,20,21,22). The lowest BCUT2D eigenvalue weighted by Gasteiger charge is -2.30. The van der Waals surface area contributed by atoms with Crippen molar-refractivity contribution in [2.45, 2.75) is 32.4 Å². The van der Waals surface area contributed by atoms with Crippen LogP contribution >= 0.6 is 0 Å². The summed E-state index contributed by atoms with van der Waals surface area (Å²) in [5.41, 5.74) is 10.5. The summed E-state index contributed by atoms with van der Waals surface area (Å²) in [5.74, 6) is 0.165. The molecule has 1 aliphatic rings. The molecule has 2 atom stereocenters. The van der Waals surface area contributed by atoms with Gasteiger partial charge in [0.15, 0.2) is 5.96 Å². The average Bonchev–Trinajstić information content (AvgIpc) is 2.46. The Balaban J connectivity index is 1.92. The number of guanidine groups is 1. The van der Waals surface area contributed by atoms with E-state index < -0.39 is 0 Å². The molecule has 3 nitrogen and oxygen atoms in total. The molecule has 114 valence electrons. The highest BCUT2D eigenvalue weighted by molar-refractivity contribution is 5.79. The molecule has 0 bridgehead atoms. The van der Waals surface area contributed by atoms with Crippen molar-refractivity contribution < 1.29 is 4.39 Å². The molecule has 1 heterocycles. The molecule has 2 unspecified atom stereocenters. The third kappa shape index (κ3) is 2.96. The van der Waals surface area contributed by atoms with Crippen LogP contribution in [0.1, 0.15) is 40.8 Å². The number of nitrogens with one attached hydrogen (secondary N) is 1. The van der Waals surface area contributed by atoms with Crippen molar-refractivity contribution in [2.75, 3.05) is 0 Å². The van der Waals surface area contributed by atoms with Crippen molar-refractivity contribution >= 4 is 5.96 Å². The van der Waals surface area contributed by atoms with Crippen molar-refractivity contribution in [3.63, 3.8) is 0 Å². The highest BCUT2D eigenvalue weighted by Crippen LogP contribution is 2.33. The Hall–Kier alpha value is -2.36. The molecular weight excluding hydrogens is 277 g/mol. The topological polar surface area (TPSA) is 50.4 Å². The van der Waals surface area contributed by atoms with Crippen LogP contribution < -0.4 is 11.1 Å². The van der Waals surface area contributed by atoms with Gasteiger partial charge in [-0.05, 0) is 49.1 Å². The molecule has 0 fully saturated rings. The summed E-state index contributed by atoms with van der Waals surface area (Å²) in [6.45, 7) is 4.18. The number of benzene rings is 2. The van der Waals surface area contributed by atoms with E-state index in [1.807, 2.05) is 6.07 Å². The fourth-order valence-corrected chi connectivity index (χ4v) is 3.06. The summed E-state index contributed by atoms with van der Waals surface area (Å²) in [7, 11) is 0. The van der Waals surface area contributed by atoms with E-state index in [1.165, 1.54) is 28.8 Å². The first-order valence-corrected chi connectivity index (χ1v) is 7.45. The van der Waals surface area contributed by atoms with Gasteiger partial charge in [0.2, 0.25) is 0 Å². The molecule has 0 radical (unpaired) electrons. The first kappa shape index (κ1) is 14.6. The zero-order chi connectivity index (χ0) is 15.7. The molecule has 3 rings (SSSR count). The summed E-state index contributed by atoms with van der Waals surface area (Å²) in [6, 6.07) is 12.9. The van der Waals surface area contributed by atoms with E-state index in [0.717, 1.165) is 12.0 Å². The maximum Gasteiger partial charge on any atom is 0.189 e. The zero-order valence-electron chi connectivity index (χ0n) is 12.8. The minimum atomic E-state index is -0.243. The van der Waals surface area contributed by atoms with Gasteiger partial charge in [0.25, 0.3) is 0 Å². The number of hydrogen-bond acceptors (Lipinski definition) is 3. The molecule has 3 N–H and O–H groups in total. The smallest absolute Gasteiger partial charge is 0.189 e. The fraction of sp³-hybridized carbons (Fsp3) is 0.278. The van der Waals surface area contributed by atoms with E-state index in [1.54, 1.807) is 6.07 Å². The van der Waals surface area contributed by atoms with Gasteiger partial charge in [-0.2, -0.15) is 0 Å². The number of nitrogens with zero attached hydrogens (tertiary/aromatic N) is 1. The maximum absolute atomic E-state index is 13.5. The Bertz CT molecular complexity index is 724. The van der Waals surface area contributed by atoms with Gasteiger partial charge >= 0.3 is 0 Å². The van der Waals surface area contributed by atoms with Crippen LogP contribution in [-0.2, 0) is 0 Å². The molecule has 0 saturated carbocycles. The van der Waals surface area contributed by atoms with Crippen LogP contribution in [0.3, 0.4) is 0 Å². The zero-order valence-corrected chi connectivity index (χ0v) is 12.8. The van der Waals surface area contributed by atoms with E-state index in [4.69, 9.17) is 5.73 Å². The Morgan fingerprint density at radius 1 is 1.18 bits per heavy atom. The van der Waals surface area contributed by atoms with Gasteiger partial charge in [0.1, 0.15) is 5.82 Å². The molecule has 0 aromatic heterocycles. The molecule has 1 aliphatic heterocycles. The van der Waals surface area contributed by atoms with E-state index >= 15 is 0 Å². The molecule has 2 aromatic rings. The van der Waals surface area contributed by atoms with Crippen molar-refractivity contribution in [1.82, 2.24) is 5.32 Å². The lowest BCUT2D eigenvalue weighted by atomic mass is 9.91. The second-order valence-electron chi connectivity index (χ2n) is 5.88. The summed E-state index contributed by atoms with van der Waals surface area (Å²) < 4.78 is 13.5. The number of rotatable bonds is 2. The first-order chi connectivity index (χ1) is 10.5.